The van der Waals surface area contributed by atoms with Crippen LogP contribution in [0, 0.1) is 0 Å². The number of nitrogens with zero attached hydrogens (tertiary/aromatic N) is 1. The Morgan fingerprint density at radius 3 is 2.75 bits per heavy atom. The van der Waals surface area contributed by atoms with Gasteiger partial charge in [-0.2, -0.15) is 0 Å². The van der Waals surface area contributed by atoms with Gasteiger partial charge in [0, 0.05) is 18.3 Å². The molecule has 0 spiro atoms. The first-order valence-corrected chi connectivity index (χ1v) is 7.89. The molecular formula is C11H23NO3S. The van der Waals surface area contributed by atoms with E-state index in [9.17, 15) is 13.5 Å². The molecule has 1 heterocycles. The molecule has 2 atom stereocenters. The second-order valence-electron chi connectivity index (χ2n) is 4.65. The van der Waals surface area contributed by atoms with Crippen molar-refractivity contribution >= 4 is 9.84 Å². The minimum Gasteiger partial charge on any atom is -0.393 e. The number of hydrogen-bond acceptors (Lipinski definition) is 4. The summed E-state index contributed by atoms with van der Waals surface area (Å²) >= 11 is 0. The third-order valence-electron chi connectivity index (χ3n) is 3.24. The van der Waals surface area contributed by atoms with Crippen molar-refractivity contribution in [2.45, 2.75) is 45.3 Å². The first-order valence-electron chi connectivity index (χ1n) is 6.07. The predicted octanol–water partition coefficient (Wildman–Crippen LogP) is 0.656. The molecule has 1 aliphatic rings. The van der Waals surface area contributed by atoms with Gasteiger partial charge in [0.1, 0.15) is 0 Å². The Balaban J connectivity index is 2.41. The van der Waals surface area contributed by atoms with Crippen molar-refractivity contribution in [3.63, 3.8) is 0 Å². The van der Waals surface area contributed by atoms with Crippen LogP contribution in [0.25, 0.3) is 0 Å². The molecule has 1 rings (SSSR count). The van der Waals surface area contributed by atoms with Gasteiger partial charge in [-0.05, 0) is 32.7 Å². The monoisotopic (exact) mass is 249 g/mol. The number of hydrogen-bond donors (Lipinski definition) is 1. The minimum atomic E-state index is -2.86. The molecule has 16 heavy (non-hydrogen) atoms. The van der Waals surface area contributed by atoms with Crippen LogP contribution in [0.1, 0.15) is 33.1 Å². The Labute approximate surface area is 98.6 Å². The fraction of sp³-hybridized carbons (Fsp3) is 1.00. The molecule has 0 amide bonds. The highest BCUT2D eigenvalue weighted by Gasteiger charge is 2.26. The van der Waals surface area contributed by atoms with Gasteiger partial charge in [0.2, 0.25) is 0 Å². The molecule has 1 N–H and O–H groups in total. The van der Waals surface area contributed by atoms with Crippen LogP contribution in [0.2, 0.25) is 0 Å². The third-order valence-corrected chi connectivity index (χ3v) is 4.93. The van der Waals surface area contributed by atoms with Crippen LogP contribution in [0.15, 0.2) is 0 Å². The highest BCUT2D eigenvalue weighted by Crippen LogP contribution is 2.21. The van der Waals surface area contributed by atoms with E-state index in [0.29, 0.717) is 12.6 Å². The summed E-state index contributed by atoms with van der Waals surface area (Å²) in [6.45, 7) is 5.07. The van der Waals surface area contributed by atoms with Gasteiger partial charge in [0.15, 0.2) is 9.84 Å². The number of aliphatic hydroxyl groups is 1. The highest BCUT2D eigenvalue weighted by atomic mass is 32.2. The Hall–Kier alpha value is -0.130. The second kappa shape index (κ2) is 5.98. The van der Waals surface area contributed by atoms with E-state index >= 15 is 0 Å². The first kappa shape index (κ1) is 13.9. The average Bonchev–Trinajstić information content (AvgIpc) is 2.62. The predicted molar refractivity (Wildman–Crippen MR) is 65.2 cm³/mol. The summed E-state index contributed by atoms with van der Waals surface area (Å²) in [5.41, 5.74) is 0. The van der Waals surface area contributed by atoms with E-state index in [0.717, 1.165) is 25.8 Å². The van der Waals surface area contributed by atoms with Crippen LogP contribution in [0.4, 0.5) is 0 Å². The summed E-state index contributed by atoms with van der Waals surface area (Å²) in [4.78, 5) is 2.21. The summed E-state index contributed by atoms with van der Waals surface area (Å²) in [5, 5.41) is 9.36. The summed E-state index contributed by atoms with van der Waals surface area (Å²) in [7, 11) is -2.86. The summed E-state index contributed by atoms with van der Waals surface area (Å²) in [6.07, 6.45) is 2.65. The maximum atomic E-state index is 11.4. The molecule has 0 bridgehead atoms. The molecule has 0 radical (unpaired) electrons. The third kappa shape index (κ3) is 4.39. The molecule has 96 valence electrons. The first-order chi connectivity index (χ1) is 7.44. The second-order valence-corrected chi connectivity index (χ2v) is 7.13. The quantitative estimate of drug-likeness (QED) is 0.751. The lowest BCUT2D eigenvalue weighted by Gasteiger charge is -2.25. The van der Waals surface area contributed by atoms with Crippen molar-refractivity contribution in [1.82, 2.24) is 4.90 Å². The smallest absolute Gasteiger partial charge is 0.151 e. The topological polar surface area (TPSA) is 57.6 Å². The standard InChI is InChI=1S/C11H23NO3S/c1-3-16(14,15)8-7-12-6-4-5-11(12)9-10(2)13/h10-11,13H,3-9H2,1-2H3. The van der Waals surface area contributed by atoms with E-state index in [-0.39, 0.29) is 17.6 Å². The maximum Gasteiger partial charge on any atom is 0.151 e. The molecule has 4 nitrogen and oxygen atoms in total. The molecule has 0 saturated carbocycles. The van der Waals surface area contributed by atoms with E-state index in [1.807, 2.05) is 0 Å². The summed E-state index contributed by atoms with van der Waals surface area (Å²) < 4.78 is 22.8. The summed E-state index contributed by atoms with van der Waals surface area (Å²) in [5.74, 6) is 0.474. The maximum absolute atomic E-state index is 11.4. The van der Waals surface area contributed by atoms with Crippen LogP contribution in [-0.4, -0.2) is 55.2 Å². The number of likely N-dealkylation sites (tertiary alicyclic amines) is 1. The number of sulfone groups is 1. The fourth-order valence-electron chi connectivity index (χ4n) is 2.25. The van der Waals surface area contributed by atoms with Gasteiger partial charge in [0.25, 0.3) is 0 Å². The van der Waals surface area contributed by atoms with Gasteiger partial charge < -0.3 is 5.11 Å². The van der Waals surface area contributed by atoms with Gasteiger partial charge in [0.05, 0.1) is 11.9 Å². The van der Waals surface area contributed by atoms with Crippen molar-refractivity contribution in [1.29, 1.82) is 0 Å². The molecule has 0 aliphatic carbocycles. The lowest BCUT2D eigenvalue weighted by Crippen LogP contribution is -2.35. The van der Waals surface area contributed by atoms with Crippen LogP contribution in [0.3, 0.4) is 0 Å². The van der Waals surface area contributed by atoms with Crippen molar-refractivity contribution in [2.24, 2.45) is 0 Å². The van der Waals surface area contributed by atoms with Gasteiger partial charge in [-0.3, -0.25) is 4.90 Å². The Bertz CT molecular complexity index is 300. The Kier molecular flexibility index (Phi) is 5.21. The van der Waals surface area contributed by atoms with E-state index < -0.39 is 9.84 Å². The Morgan fingerprint density at radius 2 is 2.19 bits per heavy atom. The lowest BCUT2D eigenvalue weighted by atomic mass is 10.1. The van der Waals surface area contributed by atoms with Gasteiger partial charge >= 0.3 is 0 Å². The van der Waals surface area contributed by atoms with E-state index in [2.05, 4.69) is 4.90 Å². The molecular weight excluding hydrogens is 226 g/mol. The van der Waals surface area contributed by atoms with E-state index in [1.165, 1.54) is 0 Å². The molecule has 0 aromatic heterocycles. The molecule has 2 unspecified atom stereocenters. The number of rotatable bonds is 6. The molecule has 0 aromatic rings. The van der Waals surface area contributed by atoms with Crippen LogP contribution >= 0.6 is 0 Å². The highest BCUT2D eigenvalue weighted by molar-refractivity contribution is 7.91. The average molecular weight is 249 g/mol. The van der Waals surface area contributed by atoms with Crippen LogP contribution in [-0.2, 0) is 9.84 Å². The normalized spacial score (nSPS) is 24.8. The zero-order valence-corrected chi connectivity index (χ0v) is 11.0. The van der Waals surface area contributed by atoms with Crippen molar-refractivity contribution in [3.8, 4) is 0 Å². The molecule has 1 aliphatic heterocycles. The zero-order valence-electron chi connectivity index (χ0n) is 10.2. The largest absolute Gasteiger partial charge is 0.393 e. The molecule has 0 aromatic carbocycles. The fourth-order valence-corrected chi connectivity index (χ4v) is 3.05. The molecule has 5 heteroatoms. The van der Waals surface area contributed by atoms with Gasteiger partial charge in [-0.1, -0.05) is 6.92 Å². The van der Waals surface area contributed by atoms with Crippen LogP contribution < -0.4 is 0 Å². The minimum absolute atomic E-state index is 0.224. The van der Waals surface area contributed by atoms with Crippen molar-refractivity contribution in [3.05, 3.63) is 0 Å². The summed E-state index contributed by atoms with van der Waals surface area (Å²) in [6, 6.07) is 0.368. The van der Waals surface area contributed by atoms with Crippen molar-refractivity contribution < 1.29 is 13.5 Å². The van der Waals surface area contributed by atoms with Crippen LogP contribution in [0.5, 0.6) is 0 Å². The van der Waals surface area contributed by atoms with Crippen molar-refractivity contribution in [2.75, 3.05) is 24.6 Å². The zero-order chi connectivity index (χ0) is 12.2. The molecule has 1 saturated heterocycles. The lowest BCUT2D eigenvalue weighted by molar-refractivity contribution is 0.137. The Morgan fingerprint density at radius 1 is 1.50 bits per heavy atom. The van der Waals surface area contributed by atoms with E-state index in [1.54, 1.807) is 13.8 Å². The van der Waals surface area contributed by atoms with E-state index in [4.69, 9.17) is 0 Å². The van der Waals surface area contributed by atoms with Gasteiger partial charge in [-0.25, -0.2) is 8.42 Å². The van der Waals surface area contributed by atoms with Gasteiger partial charge in [-0.15, -0.1) is 0 Å². The SMILES string of the molecule is CCS(=O)(=O)CCN1CCCC1CC(C)O. The molecule has 1 fully saturated rings. The number of aliphatic hydroxyl groups excluding tert-OH is 1.